The van der Waals surface area contributed by atoms with Crippen LogP contribution in [0.1, 0.15) is 12.8 Å². The SMILES string of the molecule is O=C(O)CCOCCO[P+]([S-])(S)OCCOCCC(=O)O. The van der Waals surface area contributed by atoms with Crippen molar-refractivity contribution in [2.45, 2.75) is 12.8 Å². The van der Waals surface area contributed by atoms with Crippen molar-refractivity contribution >= 4 is 42.6 Å². The Labute approximate surface area is 133 Å². The Morgan fingerprint density at radius 2 is 1.24 bits per heavy atom. The Bertz CT molecular complexity index is 287. The lowest BCUT2D eigenvalue weighted by Gasteiger charge is -2.22. The monoisotopic (exact) mass is 362 g/mol. The van der Waals surface area contributed by atoms with Gasteiger partial charge in [-0.25, -0.2) is 9.05 Å². The predicted molar refractivity (Wildman–Crippen MR) is 81.3 cm³/mol. The minimum absolute atomic E-state index is 0.0702. The molecule has 0 aliphatic carbocycles. The summed E-state index contributed by atoms with van der Waals surface area (Å²) < 4.78 is 20.5. The molecule has 0 saturated carbocycles. The first-order valence-electron chi connectivity index (χ1n) is 6.04. The summed E-state index contributed by atoms with van der Waals surface area (Å²) >= 11 is 9.10. The molecule has 0 heterocycles. The molecule has 0 aliphatic rings. The second-order valence-corrected chi connectivity index (χ2v) is 8.93. The van der Waals surface area contributed by atoms with Gasteiger partial charge in [-0.1, -0.05) is 0 Å². The highest BCUT2D eigenvalue weighted by atomic mass is 33.1. The maximum Gasteiger partial charge on any atom is 0.305 e. The topological polar surface area (TPSA) is 112 Å². The molecule has 0 radical (unpaired) electrons. The average Bonchev–Trinajstić information content (AvgIpc) is 2.37. The zero-order valence-corrected chi connectivity index (χ0v) is 13.9. The normalized spacial score (nSPS) is 11.5. The van der Waals surface area contributed by atoms with Crippen molar-refractivity contribution in [3.05, 3.63) is 0 Å². The van der Waals surface area contributed by atoms with Crippen LogP contribution in [-0.2, 0) is 40.4 Å². The first kappa shape index (κ1) is 20.9. The number of aliphatic carboxylic acids is 2. The Morgan fingerprint density at radius 1 is 0.857 bits per heavy atom. The summed E-state index contributed by atoms with van der Waals surface area (Å²) in [5.74, 6) is -1.86. The van der Waals surface area contributed by atoms with Crippen molar-refractivity contribution < 1.29 is 38.3 Å². The van der Waals surface area contributed by atoms with Crippen LogP contribution in [0.5, 0.6) is 0 Å². The number of carboxylic acids is 2. The van der Waals surface area contributed by atoms with Crippen molar-refractivity contribution in [2.75, 3.05) is 39.6 Å². The van der Waals surface area contributed by atoms with E-state index in [2.05, 4.69) is 12.2 Å². The maximum absolute atomic E-state index is 10.2. The summed E-state index contributed by atoms with van der Waals surface area (Å²) in [5, 5.41) is 16.8. The molecule has 0 aliphatic heterocycles. The number of carboxylic acid groups (broad SMARTS) is 2. The summed E-state index contributed by atoms with van der Waals surface area (Å²) in [7, 11) is 0. The molecule has 0 saturated heterocycles. The van der Waals surface area contributed by atoms with Gasteiger partial charge in [0.25, 0.3) is 0 Å². The molecule has 0 aromatic rings. The zero-order valence-electron chi connectivity index (χ0n) is 11.3. The molecule has 0 aromatic heterocycles. The Hall–Kier alpha value is -0.0900. The van der Waals surface area contributed by atoms with Gasteiger partial charge in [-0.3, -0.25) is 9.59 Å². The third kappa shape index (κ3) is 16.1. The standard InChI is InChI=1S/C10H19O8PS2/c11-9(12)1-3-15-5-7-17-19(20,21)18-8-6-16-4-2-10(13)14/h1-8H2,(H,11,12)(H,13,14)(H,20,21). The van der Waals surface area contributed by atoms with E-state index in [1.807, 2.05) is 0 Å². The van der Waals surface area contributed by atoms with E-state index in [0.29, 0.717) is 0 Å². The number of thiol groups is 1. The lowest BCUT2D eigenvalue weighted by atomic mass is 10.5. The largest absolute Gasteiger partial charge is 0.481 e. The minimum atomic E-state index is -2.69. The Kier molecular flexibility index (Phi) is 12.4. The van der Waals surface area contributed by atoms with Crippen LogP contribution in [0.3, 0.4) is 0 Å². The summed E-state index contributed by atoms with van der Waals surface area (Å²) in [5.41, 5.74) is 0. The van der Waals surface area contributed by atoms with E-state index in [1.54, 1.807) is 0 Å². The molecule has 0 aromatic carbocycles. The molecule has 11 heteroatoms. The third-order valence-corrected chi connectivity index (χ3v) is 4.23. The molecule has 0 amide bonds. The molecule has 0 fully saturated rings. The molecular formula is C10H19O8PS2. The summed E-state index contributed by atoms with van der Waals surface area (Å²) in [6.45, 7) is 0.911. The maximum atomic E-state index is 10.2. The molecule has 8 nitrogen and oxygen atoms in total. The number of ether oxygens (including phenoxy) is 2. The van der Waals surface area contributed by atoms with Crippen LogP contribution in [0.4, 0.5) is 0 Å². The van der Waals surface area contributed by atoms with Crippen LogP contribution in [0.25, 0.3) is 0 Å². The lowest BCUT2D eigenvalue weighted by Crippen LogP contribution is -2.10. The van der Waals surface area contributed by atoms with Gasteiger partial charge in [-0.15, -0.1) is 0 Å². The fraction of sp³-hybridized carbons (Fsp3) is 0.800. The van der Waals surface area contributed by atoms with Gasteiger partial charge in [0.1, 0.15) is 13.2 Å². The second-order valence-electron chi connectivity index (χ2n) is 3.65. The van der Waals surface area contributed by atoms with Gasteiger partial charge < -0.3 is 31.9 Å². The molecule has 0 atom stereocenters. The van der Waals surface area contributed by atoms with Gasteiger partial charge in [0.05, 0.1) is 39.3 Å². The predicted octanol–water partition coefficient (Wildman–Crippen LogP) is 1.16. The van der Waals surface area contributed by atoms with Crippen LogP contribution in [0.15, 0.2) is 0 Å². The van der Waals surface area contributed by atoms with Crippen molar-refractivity contribution in [3.63, 3.8) is 0 Å². The van der Waals surface area contributed by atoms with Gasteiger partial charge in [-0.2, -0.15) is 0 Å². The number of hydrogen-bond donors (Lipinski definition) is 3. The second kappa shape index (κ2) is 12.5. The van der Waals surface area contributed by atoms with E-state index in [0.717, 1.165) is 0 Å². The highest BCUT2D eigenvalue weighted by Crippen LogP contribution is 2.63. The lowest BCUT2D eigenvalue weighted by molar-refractivity contribution is -0.139. The summed E-state index contributed by atoms with van der Waals surface area (Å²) in [4.78, 5) is 20.4. The van der Waals surface area contributed by atoms with Crippen molar-refractivity contribution in [1.29, 1.82) is 0 Å². The Balaban J connectivity index is 3.47. The van der Waals surface area contributed by atoms with E-state index in [1.165, 1.54) is 0 Å². The summed E-state index contributed by atoms with van der Waals surface area (Å²) in [6.07, 6.45) is -2.83. The first-order valence-corrected chi connectivity index (χ1v) is 9.83. The van der Waals surface area contributed by atoms with E-state index in [9.17, 15) is 9.59 Å². The quantitative estimate of drug-likeness (QED) is 0.181. The number of rotatable bonds is 14. The fourth-order valence-corrected chi connectivity index (χ4v) is 2.61. The van der Waals surface area contributed by atoms with Gasteiger partial charge in [0.15, 0.2) is 0 Å². The highest BCUT2D eigenvalue weighted by molar-refractivity contribution is 8.76. The van der Waals surface area contributed by atoms with E-state index < -0.39 is 18.1 Å². The van der Waals surface area contributed by atoms with Gasteiger partial charge in [-0.05, 0) is 0 Å². The van der Waals surface area contributed by atoms with Crippen LogP contribution in [0, 0.1) is 0 Å². The highest BCUT2D eigenvalue weighted by Gasteiger charge is 2.21. The van der Waals surface area contributed by atoms with Crippen molar-refractivity contribution in [1.82, 2.24) is 0 Å². The van der Waals surface area contributed by atoms with E-state index >= 15 is 0 Å². The number of hydrogen-bond acceptors (Lipinski definition) is 8. The van der Waals surface area contributed by atoms with E-state index in [-0.39, 0.29) is 52.5 Å². The smallest absolute Gasteiger partial charge is 0.305 e. The van der Waals surface area contributed by atoms with Crippen LogP contribution in [0.2, 0.25) is 0 Å². The molecule has 0 bridgehead atoms. The molecule has 2 N–H and O–H groups in total. The number of carbonyl (C=O) groups is 2. The van der Waals surface area contributed by atoms with Gasteiger partial charge in [0, 0.05) is 12.2 Å². The third-order valence-electron chi connectivity index (χ3n) is 1.88. The first-order chi connectivity index (χ1) is 9.83. The van der Waals surface area contributed by atoms with Crippen molar-refractivity contribution in [2.24, 2.45) is 0 Å². The zero-order chi connectivity index (χ0) is 16.1. The molecule has 0 rings (SSSR count). The Morgan fingerprint density at radius 3 is 1.57 bits per heavy atom. The van der Waals surface area contributed by atoms with Crippen LogP contribution >= 0.6 is 18.4 Å². The minimum Gasteiger partial charge on any atom is -0.481 e. The molecular weight excluding hydrogens is 343 g/mol. The van der Waals surface area contributed by atoms with E-state index in [4.69, 9.17) is 41.0 Å². The fourth-order valence-electron chi connectivity index (χ4n) is 0.983. The molecule has 0 spiro atoms. The van der Waals surface area contributed by atoms with Gasteiger partial charge in [0.2, 0.25) is 6.12 Å². The molecule has 124 valence electrons. The van der Waals surface area contributed by atoms with Crippen LogP contribution in [-0.4, -0.2) is 61.8 Å². The van der Waals surface area contributed by atoms with Gasteiger partial charge >= 0.3 is 11.9 Å². The molecule has 0 unspecified atom stereocenters. The van der Waals surface area contributed by atoms with Crippen molar-refractivity contribution in [3.8, 4) is 0 Å². The average molecular weight is 362 g/mol. The summed E-state index contributed by atoms with van der Waals surface area (Å²) in [6, 6.07) is 0. The molecule has 21 heavy (non-hydrogen) atoms. The van der Waals surface area contributed by atoms with Crippen LogP contribution < -0.4 is 0 Å².